The van der Waals surface area contributed by atoms with E-state index in [-0.39, 0.29) is 5.91 Å². The summed E-state index contributed by atoms with van der Waals surface area (Å²) in [5, 5.41) is 4.90. The average Bonchev–Trinajstić information content (AvgIpc) is 3.38. The summed E-state index contributed by atoms with van der Waals surface area (Å²) in [5.41, 5.74) is 11.9. The molecule has 1 atom stereocenters. The molecule has 0 saturated heterocycles. The van der Waals surface area contributed by atoms with E-state index < -0.39 is 6.04 Å². The van der Waals surface area contributed by atoms with Crippen LogP contribution < -0.4 is 25.3 Å². The molecule has 0 bridgehead atoms. The monoisotopic (exact) mass is 489 g/mol. The van der Waals surface area contributed by atoms with Gasteiger partial charge in [0.25, 0.3) is 0 Å². The lowest BCUT2D eigenvalue weighted by molar-refractivity contribution is -0.117. The van der Waals surface area contributed by atoms with Gasteiger partial charge in [-0.1, -0.05) is 36.4 Å². The predicted octanol–water partition coefficient (Wildman–Crippen LogP) is 5.45. The highest BCUT2D eigenvalue weighted by Crippen LogP contribution is 2.41. The number of amides is 1. The largest absolute Gasteiger partial charge is 0.495 e. The van der Waals surface area contributed by atoms with Crippen molar-refractivity contribution in [2.24, 2.45) is 5.73 Å². The number of hydrogen-bond donors (Lipinski definition) is 2. The summed E-state index contributed by atoms with van der Waals surface area (Å²) < 4.78 is 21.1. The third-order valence-corrected chi connectivity index (χ3v) is 6.35. The highest BCUT2D eigenvalue weighted by Gasteiger charge is 2.20. The van der Waals surface area contributed by atoms with Gasteiger partial charge in [0.2, 0.25) is 5.91 Å². The summed E-state index contributed by atoms with van der Waals surface area (Å²) in [5.74, 6) is 1.54. The molecule has 35 heavy (non-hydrogen) atoms. The minimum absolute atomic E-state index is 0.328. The van der Waals surface area contributed by atoms with E-state index in [1.165, 1.54) is 11.5 Å². The molecule has 0 saturated carbocycles. The maximum Gasteiger partial charge on any atom is 0.245 e. The Morgan fingerprint density at radius 1 is 0.943 bits per heavy atom. The van der Waals surface area contributed by atoms with E-state index >= 15 is 0 Å². The lowest BCUT2D eigenvalue weighted by Crippen LogP contribution is -2.27. The van der Waals surface area contributed by atoms with Crippen LogP contribution in [0.5, 0.6) is 17.2 Å². The fraction of sp³-hybridized carbons (Fsp3) is 0.185. The van der Waals surface area contributed by atoms with Gasteiger partial charge in [0.05, 0.1) is 32.7 Å². The Bertz CT molecular complexity index is 1340. The maximum atomic E-state index is 12.9. The van der Waals surface area contributed by atoms with Crippen LogP contribution in [0, 0.1) is 6.92 Å². The molecule has 1 amide bonds. The van der Waals surface area contributed by atoms with Crippen molar-refractivity contribution in [3.05, 3.63) is 77.2 Å². The second-order valence-electron chi connectivity index (χ2n) is 7.90. The molecule has 180 valence electrons. The number of methoxy groups -OCH3 is 3. The third-order valence-electron chi connectivity index (χ3n) is 5.72. The highest BCUT2D eigenvalue weighted by atomic mass is 32.1. The molecule has 1 aromatic heterocycles. The second-order valence-corrected chi connectivity index (χ2v) is 8.53. The number of nitrogens with two attached hydrogens (primary N) is 1. The van der Waals surface area contributed by atoms with Crippen LogP contribution in [-0.2, 0) is 4.79 Å². The molecule has 0 aliphatic heterocycles. The summed E-state index contributed by atoms with van der Waals surface area (Å²) in [4.78, 5) is 12.9. The van der Waals surface area contributed by atoms with Crippen LogP contribution in [0.2, 0.25) is 0 Å². The Balaban J connectivity index is 1.69. The number of benzene rings is 3. The van der Waals surface area contributed by atoms with E-state index in [1.54, 1.807) is 21.3 Å². The van der Waals surface area contributed by atoms with Crippen molar-refractivity contribution in [2.75, 3.05) is 26.6 Å². The summed E-state index contributed by atoms with van der Waals surface area (Å²) in [7, 11) is 4.79. The maximum absolute atomic E-state index is 12.9. The van der Waals surface area contributed by atoms with Gasteiger partial charge in [-0.25, -0.2) is 0 Å². The van der Waals surface area contributed by atoms with Gasteiger partial charge in [-0.3, -0.25) is 4.79 Å². The Morgan fingerprint density at radius 3 is 2.37 bits per heavy atom. The number of nitrogens with zero attached hydrogens (tertiary/aromatic N) is 1. The van der Waals surface area contributed by atoms with Crippen LogP contribution in [0.4, 0.5) is 5.69 Å². The first-order chi connectivity index (χ1) is 17.0. The fourth-order valence-electron chi connectivity index (χ4n) is 3.94. The van der Waals surface area contributed by atoms with E-state index in [0.29, 0.717) is 22.9 Å². The van der Waals surface area contributed by atoms with E-state index in [4.69, 9.17) is 19.9 Å². The SMILES string of the molecule is COc1ccc(-c2csnc2-c2cc(C)c(OC)c(OC)c2)cc1NC(=O)[C@H](N)c1ccccc1. The molecule has 0 unspecified atom stereocenters. The summed E-state index contributed by atoms with van der Waals surface area (Å²) in [6.07, 6.45) is 0. The first-order valence-electron chi connectivity index (χ1n) is 10.9. The van der Waals surface area contributed by atoms with E-state index in [2.05, 4.69) is 9.69 Å². The Hall–Kier alpha value is -3.88. The van der Waals surface area contributed by atoms with Crippen LogP contribution in [0.3, 0.4) is 0 Å². The van der Waals surface area contributed by atoms with Crippen molar-refractivity contribution >= 4 is 23.1 Å². The lowest BCUT2D eigenvalue weighted by Gasteiger charge is -2.16. The molecule has 3 N–H and O–H groups in total. The molecular weight excluding hydrogens is 462 g/mol. The first kappa shape index (κ1) is 24.3. The van der Waals surface area contributed by atoms with Gasteiger partial charge in [-0.05, 0) is 59.4 Å². The van der Waals surface area contributed by atoms with Crippen molar-refractivity contribution < 1.29 is 19.0 Å². The normalized spacial score (nSPS) is 11.6. The first-order valence-corrected chi connectivity index (χ1v) is 11.8. The summed E-state index contributed by atoms with van der Waals surface area (Å²) >= 11 is 1.36. The van der Waals surface area contributed by atoms with E-state index in [0.717, 1.165) is 33.5 Å². The van der Waals surface area contributed by atoms with Gasteiger partial charge < -0.3 is 25.3 Å². The number of aromatic nitrogens is 1. The molecule has 4 aromatic rings. The van der Waals surface area contributed by atoms with Gasteiger partial charge in [0.1, 0.15) is 11.8 Å². The topological polar surface area (TPSA) is 95.7 Å². The molecule has 0 spiro atoms. The molecule has 7 nitrogen and oxygen atoms in total. The number of rotatable bonds is 8. The lowest BCUT2D eigenvalue weighted by atomic mass is 9.99. The molecule has 0 aliphatic rings. The predicted molar refractivity (Wildman–Crippen MR) is 139 cm³/mol. The molecule has 3 aromatic carbocycles. The molecule has 0 aliphatic carbocycles. The standard InChI is InChI=1S/C27H27N3O4S/c1-16-12-19(14-23(33-3)26(16)34-4)25-20(15-35-30-25)18-10-11-22(32-2)21(13-18)29-27(31)24(28)17-8-6-5-7-9-17/h5-15,24H,28H2,1-4H3,(H,29,31)/t24-/m1/s1. The number of aryl methyl sites for hydroxylation is 1. The van der Waals surface area contributed by atoms with Gasteiger partial charge >= 0.3 is 0 Å². The number of carbonyl (C=O) groups excluding carboxylic acids is 1. The van der Waals surface area contributed by atoms with Gasteiger partial charge in [0, 0.05) is 16.5 Å². The summed E-state index contributed by atoms with van der Waals surface area (Å²) in [6, 6.07) is 18.0. The average molecular weight is 490 g/mol. The van der Waals surface area contributed by atoms with Crippen molar-refractivity contribution in [1.29, 1.82) is 0 Å². The number of nitrogens with one attached hydrogen (secondary N) is 1. The molecule has 0 fully saturated rings. The molecule has 8 heteroatoms. The van der Waals surface area contributed by atoms with E-state index in [9.17, 15) is 4.79 Å². The number of hydrogen-bond acceptors (Lipinski definition) is 7. The fourth-order valence-corrected chi connectivity index (χ4v) is 4.65. The Morgan fingerprint density at radius 2 is 1.69 bits per heavy atom. The summed E-state index contributed by atoms with van der Waals surface area (Å²) in [6.45, 7) is 1.97. The van der Waals surface area contributed by atoms with E-state index in [1.807, 2.05) is 73.0 Å². The van der Waals surface area contributed by atoms with Gasteiger partial charge in [0.15, 0.2) is 11.5 Å². The highest BCUT2D eigenvalue weighted by molar-refractivity contribution is 7.04. The third kappa shape index (κ3) is 4.99. The quantitative estimate of drug-likeness (QED) is 0.342. The zero-order valence-corrected chi connectivity index (χ0v) is 20.8. The van der Waals surface area contributed by atoms with Crippen LogP contribution in [-0.4, -0.2) is 31.6 Å². The zero-order valence-electron chi connectivity index (χ0n) is 20.0. The molecule has 0 radical (unpaired) electrons. The van der Waals surface area contributed by atoms with Crippen molar-refractivity contribution in [1.82, 2.24) is 4.37 Å². The van der Waals surface area contributed by atoms with Gasteiger partial charge in [-0.2, -0.15) is 4.37 Å². The smallest absolute Gasteiger partial charge is 0.245 e. The van der Waals surface area contributed by atoms with Crippen LogP contribution in [0.25, 0.3) is 22.4 Å². The van der Waals surface area contributed by atoms with Crippen LogP contribution >= 0.6 is 11.5 Å². The van der Waals surface area contributed by atoms with Crippen molar-refractivity contribution in [3.8, 4) is 39.6 Å². The Labute approximate surface area is 208 Å². The minimum Gasteiger partial charge on any atom is -0.495 e. The van der Waals surface area contributed by atoms with Crippen LogP contribution in [0.1, 0.15) is 17.2 Å². The zero-order chi connectivity index (χ0) is 24.9. The molecular formula is C27H27N3O4S. The second kappa shape index (κ2) is 10.6. The van der Waals surface area contributed by atoms with Crippen LogP contribution in [0.15, 0.2) is 66.0 Å². The minimum atomic E-state index is -0.808. The number of anilines is 1. The molecule has 4 rings (SSSR count). The van der Waals surface area contributed by atoms with Gasteiger partial charge in [-0.15, -0.1) is 0 Å². The number of ether oxygens (including phenoxy) is 3. The molecule has 1 heterocycles. The van der Waals surface area contributed by atoms with Crippen molar-refractivity contribution in [3.63, 3.8) is 0 Å². The van der Waals surface area contributed by atoms with Crippen molar-refractivity contribution in [2.45, 2.75) is 13.0 Å². The number of carbonyl (C=O) groups is 1. The Kier molecular flexibility index (Phi) is 7.33.